The smallest absolute Gasteiger partial charge is 0.227 e. The Kier molecular flexibility index (Phi) is 8.38. The number of allylic oxidation sites excluding steroid dienone is 4. The van der Waals surface area contributed by atoms with E-state index in [1.807, 2.05) is 91.1 Å². The van der Waals surface area contributed by atoms with Crippen molar-refractivity contribution in [1.82, 2.24) is 19.9 Å². The minimum atomic E-state index is 0.0920. The van der Waals surface area contributed by atoms with Crippen LogP contribution >= 0.6 is 0 Å². The summed E-state index contributed by atoms with van der Waals surface area (Å²) in [5.41, 5.74) is 10.7. The summed E-state index contributed by atoms with van der Waals surface area (Å²) in [6.07, 6.45) is 9.27. The molecule has 49 heavy (non-hydrogen) atoms. The van der Waals surface area contributed by atoms with Gasteiger partial charge in [0.1, 0.15) is 5.52 Å². The van der Waals surface area contributed by atoms with Crippen molar-refractivity contribution < 1.29 is 4.42 Å². The number of para-hydroxylation sites is 2. The van der Waals surface area contributed by atoms with Gasteiger partial charge in [0.2, 0.25) is 5.89 Å². The van der Waals surface area contributed by atoms with Crippen LogP contribution in [0.2, 0.25) is 0 Å². The van der Waals surface area contributed by atoms with Crippen LogP contribution in [0, 0.1) is 0 Å². The van der Waals surface area contributed by atoms with E-state index in [1.54, 1.807) is 0 Å². The maximum Gasteiger partial charge on any atom is 0.227 e. The van der Waals surface area contributed by atoms with Gasteiger partial charge in [-0.1, -0.05) is 127 Å². The minimum absolute atomic E-state index is 0.0920. The summed E-state index contributed by atoms with van der Waals surface area (Å²) >= 11 is 0. The molecule has 5 nitrogen and oxygen atoms in total. The lowest BCUT2D eigenvalue weighted by atomic mass is 9.91. The lowest BCUT2D eigenvalue weighted by Crippen LogP contribution is -2.05. The fourth-order valence-electron chi connectivity index (χ4n) is 5.97. The van der Waals surface area contributed by atoms with Gasteiger partial charge in [-0.2, -0.15) is 0 Å². The number of benzene rings is 4. The molecule has 0 bridgehead atoms. The van der Waals surface area contributed by atoms with Gasteiger partial charge in [0.25, 0.3) is 0 Å². The Morgan fingerprint density at radius 2 is 1.18 bits per heavy atom. The second kappa shape index (κ2) is 13.7. The van der Waals surface area contributed by atoms with E-state index >= 15 is 0 Å². The first-order chi connectivity index (χ1) is 24.3. The number of oxazole rings is 1. The normalized spacial score (nSPS) is 13.9. The molecule has 5 heteroatoms. The average Bonchev–Trinajstić information content (AvgIpc) is 3.62. The molecule has 0 saturated carbocycles. The predicted molar refractivity (Wildman–Crippen MR) is 198 cm³/mol. The first-order valence-corrected chi connectivity index (χ1v) is 16.4. The van der Waals surface area contributed by atoms with Gasteiger partial charge in [-0.3, -0.25) is 4.98 Å². The second-order valence-electron chi connectivity index (χ2n) is 11.9. The van der Waals surface area contributed by atoms with Crippen LogP contribution in [-0.2, 0) is 0 Å². The summed E-state index contributed by atoms with van der Waals surface area (Å²) in [6, 6.07) is 51.0. The highest BCUT2D eigenvalue weighted by molar-refractivity contribution is 5.77. The van der Waals surface area contributed by atoms with Crippen molar-refractivity contribution >= 4 is 16.7 Å². The highest BCUT2D eigenvalue weighted by Crippen LogP contribution is 2.34. The van der Waals surface area contributed by atoms with Crippen molar-refractivity contribution in [1.29, 1.82) is 0 Å². The van der Waals surface area contributed by atoms with Crippen LogP contribution in [0.4, 0.5) is 0 Å². The predicted octanol–water partition coefficient (Wildman–Crippen LogP) is 10.9. The van der Waals surface area contributed by atoms with Gasteiger partial charge in [0, 0.05) is 28.8 Å². The summed E-state index contributed by atoms with van der Waals surface area (Å²) in [7, 11) is 0. The largest absolute Gasteiger partial charge is 0.436 e. The van der Waals surface area contributed by atoms with Gasteiger partial charge in [-0.15, -0.1) is 0 Å². The molecule has 7 aromatic rings. The van der Waals surface area contributed by atoms with Crippen LogP contribution in [-0.4, -0.2) is 19.9 Å². The zero-order valence-corrected chi connectivity index (χ0v) is 26.7. The lowest BCUT2D eigenvalue weighted by molar-refractivity contribution is 0.620. The third kappa shape index (κ3) is 6.69. The zero-order chi connectivity index (χ0) is 32.8. The second-order valence-corrected chi connectivity index (χ2v) is 11.9. The van der Waals surface area contributed by atoms with Gasteiger partial charge in [-0.25, -0.2) is 15.0 Å². The maximum absolute atomic E-state index is 6.02. The first-order valence-electron chi connectivity index (χ1n) is 16.4. The van der Waals surface area contributed by atoms with Crippen LogP contribution in [0.15, 0.2) is 181 Å². The molecule has 0 saturated heterocycles. The molecule has 0 N–H and O–H groups in total. The van der Waals surface area contributed by atoms with Crippen LogP contribution in [0.25, 0.3) is 61.9 Å². The maximum atomic E-state index is 6.02. The fraction of sp³-hybridized carbons (Fsp3) is 0.0455. The minimum Gasteiger partial charge on any atom is -0.436 e. The number of hydrogen-bond donors (Lipinski definition) is 0. The SMILES string of the molecule is C1=CC(c2cc(-c3ccc(-c4nc5ccccc5o4)cc3)nc(-c3ccc(-c4ccccc4)cc3)n2)CC=C1c1ccccccccn1. The van der Waals surface area contributed by atoms with Gasteiger partial charge in [-0.05, 0) is 65.6 Å². The number of nitrogens with zero attached hydrogens (tertiary/aromatic N) is 4. The van der Waals surface area contributed by atoms with E-state index in [-0.39, 0.29) is 5.92 Å². The Bertz CT molecular complexity index is 2300. The number of aromatic nitrogens is 4. The molecule has 234 valence electrons. The molecular weight excluding hydrogens is 601 g/mol. The summed E-state index contributed by atoms with van der Waals surface area (Å²) in [6.45, 7) is 0. The van der Waals surface area contributed by atoms with Gasteiger partial charge < -0.3 is 4.42 Å². The van der Waals surface area contributed by atoms with Gasteiger partial charge >= 0.3 is 0 Å². The molecule has 1 atom stereocenters. The van der Waals surface area contributed by atoms with E-state index in [9.17, 15) is 0 Å². The molecule has 0 radical (unpaired) electrons. The van der Waals surface area contributed by atoms with Crippen molar-refractivity contribution in [3.8, 4) is 45.2 Å². The van der Waals surface area contributed by atoms with E-state index in [2.05, 4.69) is 89.9 Å². The Morgan fingerprint density at radius 3 is 1.98 bits per heavy atom. The summed E-state index contributed by atoms with van der Waals surface area (Å²) in [4.78, 5) is 19.6. The van der Waals surface area contributed by atoms with E-state index in [0.717, 1.165) is 62.4 Å². The van der Waals surface area contributed by atoms with E-state index in [4.69, 9.17) is 19.4 Å². The quantitative estimate of drug-likeness (QED) is 0.182. The third-order valence-corrected chi connectivity index (χ3v) is 8.60. The van der Waals surface area contributed by atoms with Crippen LogP contribution in [0.1, 0.15) is 23.7 Å². The Balaban J connectivity index is 1.14. The summed E-state index contributed by atoms with van der Waals surface area (Å²) < 4.78 is 6.02. The van der Waals surface area contributed by atoms with Crippen LogP contribution < -0.4 is 0 Å². The van der Waals surface area contributed by atoms with E-state index < -0.39 is 0 Å². The zero-order valence-electron chi connectivity index (χ0n) is 26.7. The molecule has 1 aliphatic carbocycles. The lowest BCUT2D eigenvalue weighted by Gasteiger charge is -2.18. The average molecular weight is 633 g/mol. The molecular formula is C44H32N4O. The van der Waals surface area contributed by atoms with Crippen LogP contribution in [0.3, 0.4) is 0 Å². The monoisotopic (exact) mass is 632 g/mol. The number of rotatable bonds is 6. The molecule has 0 aliphatic heterocycles. The molecule has 1 unspecified atom stereocenters. The first kappa shape index (κ1) is 29.9. The van der Waals surface area contributed by atoms with Gasteiger partial charge in [0.05, 0.1) is 17.1 Å². The molecule has 0 amide bonds. The third-order valence-electron chi connectivity index (χ3n) is 8.60. The van der Waals surface area contributed by atoms with E-state index in [0.29, 0.717) is 11.7 Å². The van der Waals surface area contributed by atoms with Crippen molar-refractivity contribution in [2.75, 3.05) is 0 Å². The Labute approximate surface area is 285 Å². The van der Waals surface area contributed by atoms with Crippen molar-refractivity contribution in [3.05, 3.63) is 187 Å². The molecule has 3 heterocycles. The molecule has 0 fully saturated rings. The molecule has 0 spiro atoms. The molecule has 4 aromatic carbocycles. The van der Waals surface area contributed by atoms with Crippen molar-refractivity contribution in [2.24, 2.45) is 0 Å². The number of fused-ring (bicyclic) bond motifs is 1. The van der Waals surface area contributed by atoms with E-state index in [1.165, 1.54) is 5.56 Å². The number of hydrogen-bond acceptors (Lipinski definition) is 5. The van der Waals surface area contributed by atoms with Crippen LogP contribution in [0.5, 0.6) is 0 Å². The molecule has 8 rings (SSSR count). The molecule has 3 aromatic heterocycles. The standard InChI is InChI=1S/C44H32N4O/c1-2-4-11-29-45-38(14-8-3-1)33-19-21-34(22-20-33)40-30-41(35-23-27-37(28-24-35)44-48-39-15-9-10-16-42(39)49-44)47-43(46-40)36-25-17-32(18-26-36)31-12-6-5-7-13-31/h1-21,23-30,34H,22H2. The Hall–Kier alpha value is -6.46. The Morgan fingerprint density at radius 1 is 0.531 bits per heavy atom. The highest BCUT2D eigenvalue weighted by Gasteiger charge is 2.18. The fourth-order valence-corrected chi connectivity index (χ4v) is 5.97. The summed E-state index contributed by atoms with van der Waals surface area (Å²) in [5, 5.41) is 0. The topological polar surface area (TPSA) is 64.7 Å². The highest BCUT2D eigenvalue weighted by atomic mass is 16.3. The van der Waals surface area contributed by atoms with Gasteiger partial charge in [0.15, 0.2) is 11.4 Å². The van der Waals surface area contributed by atoms with Crippen molar-refractivity contribution in [3.63, 3.8) is 0 Å². The summed E-state index contributed by atoms with van der Waals surface area (Å²) in [5.74, 6) is 1.39. The molecule has 1 aliphatic rings. The van der Waals surface area contributed by atoms with Crippen molar-refractivity contribution in [2.45, 2.75) is 12.3 Å².